The second-order valence-corrected chi connectivity index (χ2v) is 6.66. The minimum Gasteiger partial charge on any atom is -0.367 e. The van der Waals surface area contributed by atoms with E-state index in [-0.39, 0.29) is 5.78 Å². The summed E-state index contributed by atoms with van der Waals surface area (Å²) < 4.78 is 6.93. The first kappa shape index (κ1) is 15.7. The highest BCUT2D eigenvalue weighted by Gasteiger charge is 2.41. The van der Waals surface area contributed by atoms with Crippen molar-refractivity contribution < 1.29 is 9.53 Å². The van der Waals surface area contributed by atoms with Crippen LogP contribution in [0.25, 0.3) is 0 Å². The van der Waals surface area contributed by atoms with Gasteiger partial charge in [-0.3, -0.25) is 4.79 Å². The van der Waals surface area contributed by atoms with Gasteiger partial charge in [-0.25, -0.2) is 0 Å². The third-order valence-electron chi connectivity index (χ3n) is 4.32. The van der Waals surface area contributed by atoms with Crippen LogP contribution in [0.15, 0.2) is 28.7 Å². The van der Waals surface area contributed by atoms with E-state index < -0.39 is 5.60 Å². The number of hydrogen-bond donors (Lipinski definition) is 0. The molecule has 3 heteroatoms. The summed E-state index contributed by atoms with van der Waals surface area (Å²) in [5.74, 6) is 0.943. The average molecular weight is 339 g/mol. The molecule has 0 aromatic heterocycles. The zero-order chi connectivity index (χ0) is 14.6. The molecule has 1 aromatic rings. The van der Waals surface area contributed by atoms with E-state index >= 15 is 0 Å². The molecule has 1 aromatic carbocycles. The second-order valence-electron chi connectivity index (χ2n) is 5.80. The Hall–Kier alpha value is -0.670. The molecule has 0 unspecified atom stereocenters. The Morgan fingerprint density at radius 1 is 1.35 bits per heavy atom. The number of ketones is 1. The van der Waals surface area contributed by atoms with Crippen molar-refractivity contribution in [2.75, 3.05) is 6.61 Å². The highest BCUT2D eigenvalue weighted by Crippen LogP contribution is 2.36. The van der Waals surface area contributed by atoms with E-state index in [1.807, 2.05) is 31.2 Å². The topological polar surface area (TPSA) is 26.3 Å². The summed E-state index contributed by atoms with van der Waals surface area (Å²) >= 11 is 3.52. The molecule has 0 amide bonds. The van der Waals surface area contributed by atoms with Gasteiger partial charge >= 0.3 is 0 Å². The summed E-state index contributed by atoms with van der Waals surface area (Å²) in [5, 5.41) is 0. The first-order chi connectivity index (χ1) is 9.57. The zero-order valence-electron chi connectivity index (χ0n) is 12.3. The van der Waals surface area contributed by atoms with Crippen LogP contribution >= 0.6 is 15.9 Å². The van der Waals surface area contributed by atoms with Crippen LogP contribution in [-0.4, -0.2) is 18.0 Å². The maximum absolute atomic E-state index is 12.8. The number of benzene rings is 1. The van der Waals surface area contributed by atoms with Crippen LogP contribution in [0.3, 0.4) is 0 Å². The maximum Gasteiger partial charge on any atom is 0.169 e. The fourth-order valence-electron chi connectivity index (χ4n) is 2.98. The lowest BCUT2D eigenvalue weighted by molar-refractivity contribution is -0.149. The summed E-state index contributed by atoms with van der Waals surface area (Å²) in [7, 11) is 0. The standard InChI is InChI=1S/C17H23BrO2/c1-3-20-17(10-8-13(2)9-11-17)16(19)12-14-6-4-5-7-15(14)18/h4-7,13H,3,8-12H2,1-2H3. The lowest BCUT2D eigenvalue weighted by Gasteiger charge is -2.38. The lowest BCUT2D eigenvalue weighted by atomic mass is 9.76. The van der Waals surface area contributed by atoms with Crippen molar-refractivity contribution in [3.63, 3.8) is 0 Å². The molecular weight excluding hydrogens is 316 g/mol. The summed E-state index contributed by atoms with van der Waals surface area (Å²) in [6.45, 7) is 4.84. The second kappa shape index (κ2) is 6.86. The van der Waals surface area contributed by atoms with Crippen LogP contribution in [0.5, 0.6) is 0 Å². The fraction of sp³-hybridized carbons (Fsp3) is 0.588. The van der Waals surface area contributed by atoms with Gasteiger partial charge in [0.25, 0.3) is 0 Å². The van der Waals surface area contributed by atoms with Crippen molar-refractivity contribution in [1.82, 2.24) is 0 Å². The van der Waals surface area contributed by atoms with Gasteiger partial charge in [0.05, 0.1) is 0 Å². The fourth-order valence-corrected chi connectivity index (χ4v) is 3.41. The molecule has 20 heavy (non-hydrogen) atoms. The van der Waals surface area contributed by atoms with Crippen molar-refractivity contribution >= 4 is 21.7 Å². The molecule has 0 spiro atoms. The Labute approximate surface area is 130 Å². The smallest absolute Gasteiger partial charge is 0.169 e. The van der Waals surface area contributed by atoms with Crippen molar-refractivity contribution in [3.8, 4) is 0 Å². The number of rotatable bonds is 5. The number of hydrogen-bond acceptors (Lipinski definition) is 2. The lowest BCUT2D eigenvalue weighted by Crippen LogP contribution is -2.45. The normalized spacial score (nSPS) is 26.4. The molecule has 0 aliphatic heterocycles. The van der Waals surface area contributed by atoms with Crippen LogP contribution in [0.4, 0.5) is 0 Å². The van der Waals surface area contributed by atoms with E-state index in [0.717, 1.165) is 35.7 Å². The molecule has 1 fully saturated rings. The molecule has 0 radical (unpaired) electrons. The summed E-state index contributed by atoms with van der Waals surface area (Å²) in [4.78, 5) is 12.8. The van der Waals surface area contributed by atoms with E-state index in [1.165, 1.54) is 0 Å². The first-order valence-corrected chi connectivity index (χ1v) is 8.27. The van der Waals surface area contributed by atoms with Crippen LogP contribution in [0.1, 0.15) is 45.1 Å². The van der Waals surface area contributed by atoms with Crippen molar-refractivity contribution in [2.24, 2.45) is 5.92 Å². The molecule has 110 valence electrons. The van der Waals surface area contributed by atoms with E-state index in [1.54, 1.807) is 0 Å². The van der Waals surface area contributed by atoms with Gasteiger partial charge in [-0.1, -0.05) is 41.1 Å². The van der Waals surface area contributed by atoms with Gasteiger partial charge < -0.3 is 4.74 Å². The molecule has 0 heterocycles. The first-order valence-electron chi connectivity index (χ1n) is 7.48. The average Bonchev–Trinajstić information content (AvgIpc) is 2.44. The van der Waals surface area contributed by atoms with Gasteiger partial charge in [0.2, 0.25) is 0 Å². The predicted molar refractivity (Wildman–Crippen MR) is 84.8 cm³/mol. The summed E-state index contributed by atoms with van der Waals surface area (Å²) in [6, 6.07) is 7.94. The maximum atomic E-state index is 12.8. The molecule has 2 rings (SSSR count). The molecule has 0 N–H and O–H groups in total. The monoisotopic (exact) mass is 338 g/mol. The number of carbonyl (C=O) groups is 1. The number of ether oxygens (including phenoxy) is 1. The molecule has 1 aliphatic carbocycles. The highest BCUT2D eigenvalue weighted by molar-refractivity contribution is 9.10. The molecule has 0 saturated heterocycles. The van der Waals surface area contributed by atoms with Gasteiger partial charge in [0.15, 0.2) is 5.78 Å². The number of Topliss-reactive ketones (excluding diaryl/α,β-unsaturated/α-hetero) is 1. The Balaban J connectivity index is 2.13. The third kappa shape index (κ3) is 3.50. The Bertz CT molecular complexity index is 462. The van der Waals surface area contributed by atoms with Crippen LogP contribution in [-0.2, 0) is 16.0 Å². The van der Waals surface area contributed by atoms with E-state index in [9.17, 15) is 4.79 Å². The van der Waals surface area contributed by atoms with Crippen molar-refractivity contribution in [2.45, 2.75) is 51.6 Å². The number of carbonyl (C=O) groups excluding carboxylic acids is 1. The zero-order valence-corrected chi connectivity index (χ0v) is 13.9. The van der Waals surface area contributed by atoms with Gasteiger partial charge in [-0.15, -0.1) is 0 Å². The summed E-state index contributed by atoms with van der Waals surface area (Å²) in [6.07, 6.45) is 4.36. The SMILES string of the molecule is CCOC1(C(=O)Cc2ccccc2Br)CCC(C)CC1. The van der Waals surface area contributed by atoms with Crippen LogP contribution in [0.2, 0.25) is 0 Å². The quantitative estimate of drug-likeness (QED) is 0.787. The number of halogens is 1. The van der Waals surface area contributed by atoms with E-state index in [2.05, 4.69) is 22.9 Å². The Morgan fingerprint density at radius 3 is 2.60 bits per heavy atom. The summed E-state index contributed by atoms with van der Waals surface area (Å²) in [5.41, 5.74) is 0.506. The largest absolute Gasteiger partial charge is 0.367 e. The van der Waals surface area contributed by atoms with E-state index in [0.29, 0.717) is 18.9 Å². The molecule has 0 bridgehead atoms. The molecular formula is C17H23BrO2. The minimum atomic E-state index is -0.545. The van der Waals surface area contributed by atoms with Gasteiger partial charge in [0, 0.05) is 17.5 Å². The molecule has 0 atom stereocenters. The van der Waals surface area contributed by atoms with E-state index in [4.69, 9.17) is 4.74 Å². The van der Waals surface area contributed by atoms with Crippen molar-refractivity contribution in [1.29, 1.82) is 0 Å². The van der Waals surface area contributed by atoms with Gasteiger partial charge in [-0.05, 0) is 50.2 Å². The van der Waals surface area contributed by atoms with Crippen molar-refractivity contribution in [3.05, 3.63) is 34.3 Å². The van der Waals surface area contributed by atoms with Crippen LogP contribution < -0.4 is 0 Å². The Kier molecular flexibility index (Phi) is 5.39. The minimum absolute atomic E-state index is 0.234. The van der Waals surface area contributed by atoms with Crippen LogP contribution in [0, 0.1) is 5.92 Å². The van der Waals surface area contributed by atoms with Gasteiger partial charge in [-0.2, -0.15) is 0 Å². The third-order valence-corrected chi connectivity index (χ3v) is 5.09. The Morgan fingerprint density at radius 2 is 2.00 bits per heavy atom. The van der Waals surface area contributed by atoms with Gasteiger partial charge in [0.1, 0.15) is 5.60 Å². The molecule has 1 saturated carbocycles. The predicted octanol–water partition coefficient (Wildman–Crippen LogP) is 4.55. The highest BCUT2D eigenvalue weighted by atomic mass is 79.9. The molecule has 2 nitrogen and oxygen atoms in total. The molecule has 1 aliphatic rings.